The molecule has 4 atom stereocenters. The number of amides is 4. The Bertz CT molecular complexity index is 1710. The molecule has 1 aromatic heterocycles. The van der Waals surface area contributed by atoms with Gasteiger partial charge in [-0.1, -0.05) is 38.1 Å². The number of likely N-dealkylation sites (tertiary alicyclic amines) is 1. The number of nitriles is 1. The molecular formula is C32H30FN7O4. The van der Waals surface area contributed by atoms with Gasteiger partial charge in [-0.2, -0.15) is 5.26 Å². The van der Waals surface area contributed by atoms with Gasteiger partial charge >= 0.3 is 0 Å². The predicted octanol–water partition coefficient (Wildman–Crippen LogP) is 2.73. The Morgan fingerprint density at radius 1 is 1.20 bits per heavy atom. The molecule has 3 aromatic rings. The SMILES string of the molecule is CC(C)C[C@@H](C(=O)N1C[C@]2(C[C@H]1C#N)C(=O)Nc1ccccc12)N1C(=O)[C@@H](NC(=O)c2cnccn2)Cc2ccc(F)cc21. The zero-order valence-corrected chi connectivity index (χ0v) is 24.2. The van der Waals surface area contributed by atoms with Gasteiger partial charge in [-0.3, -0.25) is 29.1 Å². The number of para-hydroxylation sites is 1. The van der Waals surface area contributed by atoms with E-state index < -0.39 is 47.1 Å². The van der Waals surface area contributed by atoms with E-state index in [1.54, 1.807) is 12.1 Å². The van der Waals surface area contributed by atoms with Crippen molar-refractivity contribution < 1.29 is 23.6 Å². The molecule has 0 unspecified atom stereocenters. The molecule has 3 aliphatic rings. The van der Waals surface area contributed by atoms with Gasteiger partial charge in [0.2, 0.25) is 11.8 Å². The third kappa shape index (κ3) is 4.84. The van der Waals surface area contributed by atoms with E-state index in [-0.39, 0.29) is 49.0 Å². The van der Waals surface area contributed by atoms with Crippen LogP contribution in [0.5, 0.6) is 0 Å². The zero-order valence-electron chi connectivity index (χ0n) is 24.2. The molecule has 11 nitrogen and oxygen atoms in total. The number of carbonyl (C=O) groups is 4. The van der Waals surface area contributed by atoms with Crippen molar-refractivity contribution >= 4 is 35.0 Å². The van der Waals surface area contributed by atoms with E-state index in [0.717, 1.165) is 0 Å². The third-order valence-corrected chi connectivity index (χ3v) is 8.57. The molecule has 1 fully saturated rings. The highest BCUT2D eigenvalue weighted by Crippen LogP contribution is 2.47. The van der Waals surface area contributed by atoms with Crippen molar-refractivity contribution in [2.75, 3.05) is 16.8 Å². The van der Waals surface area contributed by atoms with E-state index in [1.165, 1.54) is 46.6 Å². The number of hydrogen-bond acceptors (Lipinski definition) is 7. The van der Waals surface area contributed by atoms with Crippen LogP contribution in [-0.2, 0) is 26.2 Å². The summed E-state index contributed by atoms with van der Waals surface area (Å²) >= 11 is 0. The molecule has 4 amide bonds. The van der Waals surface area contributed by atoms with Gasteiger partial charge in [0.25, 0.3) is 11.8 Å². The lowest BCUT2D eigenvalue weighted by Gasteiger charge is -2.41. The number of fused-ring (bicyclic) bond motifs is 3. The molecule has 2 aromatic carbocycles. The molecule has 1 spiro atoms. The summed E-state index contributed by atoms with van der Waals surface area (Å²) in [5.74, 6) is -2.70. The topological polar surface area (TPSA) is 148 Å². The smallest absolute Gasteiger partial charge is 0.272 e. The molecule has 12 heteroatoms. The summed E-state index contributed by atoms with van der Waals surface area (Å²) < 4.78 is 14.6. The number of carbonyl (C=O) groups excluding carboxylic acids is 4. The molecular weight excluding hydrogens is 565 g/mol. The second-order valence-electron chi connectivity index (χ2n) is 11.8. The maximum absolute atomic E-state index is 14.6. The minimum absolute atomic E-state index is 0.0147. The maximum Gasteiger partial charge on any atom is 0.272 e. The van der Waals surface area contributed by atoms with Gasteiger partial charge in [0.15, 0.2) is 0 Å². The number of nitrogens with zero attached hydrogens (tertiary/aromatic N) is 5. The molecule has 224 valence electrons. The molecule has 0 bridgehead atoms. The largest absolute Gasteiger partial charge is 0.338 e. The number of benzene rings is 2. The molecule has 0 aliphatic carbocycles. The van der Waals surface area contributed by atoms with Crippen LogP contribution >= 0.6 is 0 Å². The molecule has 3 aliphatic heterocycles. The summed E-state index contributed by atoms with van der Waals surface area (Å²) in [6.45, 7) is 3.73. The van der Waals surface area contributed by atoms with E-state index >= 15 is 0 Å². The molecule has 0 saturated carbocycles. The van der Waals surface area contributed by atoms with Crippen LogP contribution in [0.3, 0.4) is 0 Å². The highest BCUT2D eigenvalue weighted by atomic mass is 19.1. The average molecular weight is 596 g/mol. The number of hydrogen-bond donors (Lipinski definition) is 2. The van der Waals surface area contributed by atoms with Gasteiger partial charge in [-0.25, -0.2) is 9.37 Å². The van der Waals surface area contributed by atoms with Crippen molar-refractivity contribution in [3.63, 3.8) is 0 Å². The van der Waals surface area contributed by atoms with Gasteiger partial charge < -0.3 is 15.5 Å². The van der Waals surface area contributed by atoms with E-state index in [0.29, 0.717) is 16.8 Å². The van der Waals surface area contributed by atoms with Crippen LogP contribution in [0, 0.1) is 23.1 Å². The summed E-state index contributed by atoms with van der Waals surface area (Å²) in [5.41, 5.74) is 1.05. The maximum atomic E-state index is 14.6. The lowest BCUT2D eigenvalue weighted by molar-refractivity contribution is -0.135. The van der Waals surface area contributed by atoms with Crippen molar-refractivity contribution in [2.24, 2.45) is 5.92 Å². The highest BCUT2D eigenvalue weighted by molar-refractivity contribution is 6.09. The quantitative estimate of drug-likeness (QED) is 0.445. The molecule has 44 heavy (non-hydrogen) atoms. The number of aromatic nitrogens is 2. The van der Waals surface area contributed by atoms with Crippen LogP contribution in [0.2, 0.25) is 0 Å². The highest BCUT2D eigenvalue weighted by Gasteiger charge is 2.57. The molecule has 4 heterocycles. The average Bonchev–Trinajstić information content (AvgIpc) is 3.54. The van der Waals surface area contributed by atoms with Crippen LogP contribution in [0.4, 0.5) is 15.8 Å². The van der Waals surface area contributed by atoms with Crippen LogP contribution < -0.4 is 15.5 Å². The Morgan fingerprint density at radius 2 is 2.00 bits per heavy atom. The molecule has 1 saturated heterocycles. The minimum Gasteiger partial charge on any atom is -0.338 e. The third-order valence-electron chi connectivity index (χ3n) is 8.57. The van der Waals surface area contributed by atoms with E-state index in [2.05, 4.69) is 26.7 Å². The first-order valence-corrected chi connectivity index (χ1v) is 14.4. The summed E-state index contributed by atoms with van der Waals surface area (Å²) in [7, 11) is 0. The van der Waals surface area contributed by atoms with Crippen molar-refractivity contribution in [3.8, 4) is 6.07 Å². The lowest BCUT2D eigenvalue weighted by atomic mass is 9.80. The molecule has 0 radical (unpaired) electrons. The van der Waals surface area contributed by atoms with Crippen LogP contribution in [-0.4, -0.2) is 63.2 Å². The fraction of sp³-hybridized carbons (Fsp3) is 0.344. The second kappa shape index (κ2) is 11.1. The monoisotopic (exact) mass is 595 g/mol. The Morgan fingerprint density at radius 3 is 2.73 bits per heavy atom. The van der Waals surface area contributed by atoms with Gasteiger partial charge in [0, 0.05) is 37.5 Å². The first-order valence-electron chi connectivity index (χ1n) is 14.4. The standard InChI is InChI=1S/C32H30FN7O4/c1-18(2)11-27(30(43)39-17-32(14-21(39)15-34)22-5-3-4-6-23(22)38-31(32)44)40-26-13-20(33)8-7-19(26)12-24(29(40)42)37-28(41)25-16-35-9-10-36-25/h3-10,13,16,18,21,24,27H,11-12,14,17H2,1-2H3,(H,37,41)(H,38,44)/t21-,24-,27-,32-/m0/s1. The van der Waals surface area contributed by atoms with E-state index in [1.807, 2.05) is 26.0 Å². The number of nitrogens with one attached hydrogen (secondary N) is 2. The lowest BCUT2D eigenvalue weighted by Crippen LogP contribution is -2.60. The normalized spacial score (nSPS) is 22.8. The number of anilines is 2. The van der Waals surface area contributed by atoms with Gasteiger partial charge in [-0.05, 0) is 41.7 Å². The summed E-state index contributed by atoms with van der Waals surface area (Å²) in [5, 5.41) is 15.8. The summed E-state index contributed by atoms with van der Waals surface area (Å²) in [6, 6.07) is 10.3. The van der Waals surface area contributed by atoms with Crippen molar-refractivity contribution in [1.29, 1.82) is 5.26 Å². The van der Waals surface area contributed by atoms with Crippen LogP contribution in [0.25, 0.3) is 0 Å². The second-order valence-corrected chi connectivity index (χ2v) is 11.8. The summed E-state index contributed by atoms with van der Waals surface area (Å²) in [4.78, 5) is 65.6. The number of halogens is 1. The fourth-order valence-electron chi connectivity index (χ4n) is 6.55. The molecule has 2 N–H and O–H groups in total. The predicted molar refractivity (Wildman–Crippen MR) is 157 cm³/mol. The Labute approximate surface area is 253 Å². The Balaban J connectivity index is 1.38. The van der Waals surface area contributed by atoms with Crippen LogP contribution in [0.15, 0.2) is 61.1 Å². The Kier molecular flexibility index (Phi) is 7.33. The zero-order chi connectivity index (χ0) is 31.2. The fourth-order valence-corrected chi connectivity index (χ4v) is 6.55. The summed E-state index contributed by atoms with van der Waals surface area (Å²) in [6.07, 6.45) is 4.42. The van der Waals surface area contributed by atoms with Crippen molar-refractivity contribution in [1.82, 2.24) is 20.2 Å². The van der Waals surface area contributed by atoms with Crippen molar-refractivity contribution in [3.05, 3.63) is 83.7 Å². The first-order chi connectivity index (χ1) is 21.1. The van der Waals surface area contributed by atoms with Crippen LogP contribution in [0.1, 0.15) is 48.3 Å². The van der Waals surface area contributed by atoms with Gasteiger partial charge in [0.1, 0.15) is 29.6 Å². The van der Waals surface area contributed by atoms with Gasteiger partial charge in [-0.15, -0.1) is 0 Å². The Hall–Kier alpha value is -5.18. The van der Waals surface area contributed by atoms with Gasteiger partial charge in [0.05, 0.1) is 23.4 Å². The van der Waals surface area contributed by atoms with E-state index in [4.69, 9.17) is 0 Å². The van der Waals surface area contributed by atoms with Crippen molar-refractivity contribution in [2.45, 2.75) is 56.7 Å². The molecule has 6 rings (SSSR count). The number of rotatable bonds is 6. The van der Waals surface area contributed by atoms with E-state index in [9.17, 15) is 28.8 Å². The minimum atomic E-state index is -1.13. The first kappa shape index (κ1) is 28.9.